The van der Waals surface area contributed by atoms with E-state index < -0.39 is 0 Å². The molecule has 1 heterocycles. The maximum Gasteiger partial charge on any atom is 0.252 e. The van der Waals surface area contributed by atoms with Crippen molar-refractivity contribution in [3.05, 3.63) is 59.7 Å². The Bertz CT molecular complexity index is 899. The molecule has 0 saturated carbocycles. The highest BCUT2D eigenvalue weighted by Gasteiger charge is 2.19. The first-order valence-electron chi connectivity index (χ1n) is 10.2. The van der Waals surface area contributed by atoms with Crippen molar-refractivity contribution < 1.29 is 14.4 Å². The van der Waals surface area contributed by atoms with Crippen LogP contribution in [0.1, 0.15) is 35.2 Å². The van der Waals surface area contributed by atoms with E-state index in [9.17, 15) is 14.4 Å². The number of hydrogen-bond donors (Lipinski definition) is 2. The van der Waals surface area contributed by atoms with Crippen LogP contribution in [0.2, 0.25) is 0 Å². The van der Waals surface area contributed by atoms with Crippen LogP contribution in [0.15, 0.2) is 53.4 Å². The number of amides is 3. The molecule has 3 amide bonds. The normalized spacial score (nSPS) is 13.4. The minimum Gasteiger partial charge on any atom is -0.352 e. The number of anilines is 1. The Morgan fingerprint density at radius 3 is 2.60 bits per heavy atom. The molecule has 30 heavy (non-hydrogen) atoms. The summed E-state index contributed by atoms with van der Waals surface area (Å²) in [6.45, 7) is 4.00. The Labute approximate surface area is 181 Å². The lowest BCUT2D eigenvalue weighted by Gasteiger charge is -2.15. The first kappa shape index (κ1) is 21.9. The number of benzene rings is 2. The summed E-state index contributed by atoms with van der Waals surface area (Å²) in [4.78, 5) is 39.1. The number of carbonyl (C=O) groups excluding carboxylic acids is 3. The number of carbonyl (C=O) groups is 3. The van der Waals surface area contributed by atoms with Gasteiger partial charge in [0.1, 0.15) is 0 Å². The first-order valence-corrected chi connectivity index (χ1v) is 11.2. The fraction of sp³-hybridized carbons (Fsp3) is 0.348. The third kappa shape index (κ3) is 6.35. The molecule has 1 aliphatic rings. The van der Waals surface area contributed by atoms with E-state index in [1.807, 2.05) is 54.3 Å². The highest BCUT2D eigenvalue weighted by molar-refractivity contribution is 8.00. The number of rotatable bonds is 9. The topological polar surface area (TPSA) is 78.5 Å². The monoisotopic (exact) mass is 425 g/mol. The molecule has 0 aliphatic carbocycles. The minimum atomic E-state index is -0.162. The van der Waals surface area contributed by atoms with E-state index in [2.05, 4.69) is 10.6 Å². The highest BCUT2D eigenvalue weighted by atomic mass is 32.2. The van der Waals surface area contributed by atoms with Gasteiger partial charge < -0.3 is 15.5 Å². The van der Waals surface area contributed by atoms with Crippen LogP contribution in [-0.2, 0) is 9.59 Å². The molecular formula is C23H27N3O3S. The van der Waals surface area contributed by atoms with Crippen LogP contribution in [0, 0.1) is 6.92 Å². The quantitative estimate of drug-likeness (QED) is 0.476. The third-order valence-electron chi connectivity index (χ3n) is 4.89. The van der Waals surface area contributed by atoms with E-state index in [1.165, 1.54) is 11.8 Å². The third-order valence-corrected chi connectivity index (χ3v) is 5.96. The fourth-order valence-electron chi connectivity index (χ4n) is 3.26. The Balaban J connectivity index is 1.47. The van der Waals surface area contributed by atoms with E-state index in [0.29, 0.717) is 25.1 Å². The van der Waals surface area contributed by atoms with Crippen LogP contribution in [0.4, 0.5) is 5.69 Å². The second kappa shape index (κ2) is 10.8. The van der Waals surface area contributed by atoms with Gasteiger partial charge in [-0.3, -0.25) is 14.4 Å². The molecule has 0 radical (unpaired) electrons. The molecule has 2 N–H and O–H groups in total. The van der Waals surface area contributed by atoms with Crippen LogP contribution in [-0.4, -0.2) is 48.0 Å². The van der Waals surface area contributed by atoms with Gasteiger partial charge >= 0.3 is 0 Å². The number of thioether (sulfide) groups is 1. The Morgan fingerprint density at radius 1 is 1.10 bits per heavy atom. The lowest BCUT2D eigenvalue weighted by molar-refractivity contribution is -0.127. The van der Waals surface area contributed by atoms with Crippen molar-refractivity contribution in [3.63, 3.8) is 0 Å². The van der Waals surface area contributed by atoms with Gasteiger partial charge in [-0.05, 0) is 44.0 Å². The first-order chi connectivity index (χ1) is 14.5. The van der Waals surface area contributed by atoms with Crippen LogP contribution in [0.3, 0.4) is 0 Å². The number of aryl methyl sites for hydroxylation is 1. The Hall–Kier alpha value is -2.80. The maximum absolute atomic E-state index is 12.6. The molecule has 0 unspecified atom stereocenters. The molecule has 0 atom stereocenters. The Kier molecular flexibility index (Phi) is 7.90. The largest absolute Gasteiger partial charge is 0.352 e. The van der Waals surface area contributed by atoms with Gasteiger partial charge in [0.25, 0.3) is 5.91 Å². The van der Waals surface area contributed by atoms with Crippen molar-refractivity contribution in [1.82, 2.24) is 10.2 Å². The number of nitrogens with zero attached hydrogens (tertiary/aromatic N) is 1. The van der Waals surface area contributed by atoms with E-state index in [0.717, 1.165) is 35.5 Å². The van der Waals surface area contributed by atoms with Gasteiger partial charge in [-0.25, -0.2) is 0 Å². The van der Waals surface area contributed by atoms with E-state index >= 15 is 0 Å². The molecule has 0 spiro atoms. The molecule has 7 heteroatoms. The van der Waals surface area contributed by atoms with E-state index in [1.54, 1.807) is 6.07 Å². The second-order valence-electron chi connectivity index (χ2n) is 7.29. The SMILES string of the molecule is Cc1ccc(NC(=O)CSc2ccccc2C(=O)NCCCN2CCCC2=O)cc1. The minimum absolute atomic E-state index is 0.116. The van der Waals surface area contributed by atoms with Gasteiger partial charge in [0.05, 0.1) is 11.3 Å². The van der Waals surface area contributed by atoms with E-state index in [4.69, 9.17) is 0 Å². The molecule has 2 aromatic rings. The zero-order valence-electron chi connectivity index (χ0n) is 17.1. The van der Waals surface area contributed by atoms with Gasteiger partial charge in [-0.1, -0.05) is 29.8 Å². The maximum atomic E-state index is 12.6. The summed E-state index contributed by atoms with van der Waals surface area (Å²) in [7, 11) is 0. The molecule has 6 nitrogen and oxygen atoms in total. The van der Waals surface area contributed by atoms with Crippen LogP contribution < -0.4 is 10.6 Å². The average Bonchev–Trinajstić information content (AvgIpc) is 3.16. The molecular weight excluding hydrogens is 398 g/mol. The summed E-state index contributed by atoms with van der Waals surface area (Å²) in [5.41, 5.74) is 2.45. The zero-order valence-corrected chi connectivity index (χ0v) is 18.0. The standard InChI is InChI=1S/C23H27N3O3S/c1-17-9-11-18(12-10-17)25-21(27)16-30-20-7-3-2-6-19(20)23(29)24-13-5-15-26-14-4-8-22(26)28/h2-3,6-7,9-12H,4-5,8,13-16H2,1H3,(H,24,29)(H,25,27). The second-order valence-corrected chi connectivity index (χ2v) is 8.31. The van der Waals surface area contributed by atoms with Crippen LogP contribution in [0.5, 0.6) is 0 Å². The molecule has 1 saturated heterocycles. The fourth-order valence-corrected chi connectivity index (χ4v) is 4.11. The van der Waals surface area contributed by atoms with Crippen molar-refractivity contribution in [3.8, 4) is 0 Å². The summed E-state index contributed by atoms with van der Waals surface area (Å²) in [6, 6.07) is 14.9. The highest BCUT2D eigenvalue weighted by Crippen LogP contribution is 2.23. The van der Waals surface area contributed by atoms with Crippen molar-refractivity contribution in [2.45, 2.75) is 31.1 Å². The molecule has 1 fully saturated rings. The van der Waals surface area contributed by atoms with Crippen LogP contribution >= 0.6 is 11.8 Å². The summed E-state index contributed by atoms with van der Waals surface area (Å²) in [5.74, 6) is 0.140. The van der Waals surface area contributed by atoms with Gasteiger partial charge in [0, 0.05) is 36.6 Å². The van der Waals surface area contributed by atoms with Crippen molar-refractivity contribution in [2.24, 2.45) is 0 Å². The summed E-state index contributed by atoms with van der Waals surface area (Å²) >= 11 is 1.34. The van der Waals surface area contributed by atoms with E-state index in [-0.39, 0.29) is 23.5 Å². The molecule has 2 aromatic carbocycles. The lowest BCUT2D eigenvalue weighted by Crippen LogP contribution is -2.30. The van der Waals surface area contributed by atoms with Crippen molar-refractivity contribution in [2.75, 3.05) is 30.7 Å². The molecule has 0 bridgehead atoms. The smallest absolute Gasteiger partial charge is 0.252 e. The Morgan fingerprint density at radius 2 is 1.87 bits per heavy atom. The van der Waals surface area contributed by atoms with Crippen LogP contribution in [0.25, 0.3) is 0 Å². The summed E-state index contributed by atoms with van der Waals surface area (Å²) < 4.78 is 0. The van der Waals surface area contributed by atoms with Gasteiger partial charge in [-0.2, -0.15) is 0 Å². The molecule has 158 valence electrons. The zero-order chi connectivity index (χ0) is 21.3. The number of nitrogens with one attached hydrogen (secondary N) is 2. The molecule has 3 rings (SSSR count). The predicted octanol–water partition coefficient (Wildman–Crippen LogP) is 3.47. The molecule has 1 aliphatic heterocycles. The van der Waals surface area contributed by atoms with Crippen molar-refractivity contribution in [1.29, 1.82) is 0 Å². The lowest BCUT2D eigenvalue weighted by atomic mass is 10.2. The predicted molar refractivity (Wildman–Crippen MR) is 120 cm³/mol. The summed E-state index contributed by atoms with van der Waals surface area (Å²) in [6.07, 6.45) is 2.29. The molecule has 0 aromatic heterocycles. The van der Waals surface area contributed by atoms with Gasteiger partial charge in [0.2, 0.25) is 11.8 Å². The van der Waals surface area contributed by atoms with Gasteiger partial charge in [0.15, 0.2) is 0 Å². The van der Waals surface area contributed by atoms with Crippen molar-refractivity contribution >= 4 is 35.2 Å². The number of hydrogen-bond acceptors (Lipinski definition) is 4. The summed E-state index contributed by atoms with van der Waals surface area (Å²) in [5, 5.41) is 5.79. The average molecular weight is 426 g/mol. The van der Waals surface area contributed by atoms with Gasteiger partial charge in [-0.15, -0.1) is 11.8 Å². The number of likely N-dealkylation sites (tertiary alicyclic amines) is 1.